The molecule has 2 N–H and O–H groups in total. The molecule has 2 amide bonds. The molecule has 1 aromatic rings. The summed E-state index contributed by atoms with van der Waals surface area (Å²) in [5.74, 6) is -1.07. The molecular formula is C14H18N2O5. The number of nitrogens with one attached hydrogen (secondary N) is 2. The zero-order valence-electron chi connectivity index (χ0n) is 11.9. The van der Waals surface area contributed by atoms with E-state index in [9.17, 15) is 14.4 Å². The third-order valence-electron chi connectivity index (χ3n) is 2.54. The van der Waals surface area contributed by atoms with Gasteiger partial charge in [0.25, 0.3) is 0 Å². The molecule has 7 heteroatoms. The lowest BCUT2D eigenvalue weighted by atomic mass is 10.2. The van der Waals surface area contributed by atoms with Crippen molar-refractivity contribution in [3.8, 4) is 0 Å². The molecule has 1 aromatic carbocycles. The lowest BCUT2D eigenvalue weighted by Crippen LogP contribution is -2.44. The Morgan fingerprint density at radius 1 is 1.19 bits per heavy atom. The van der Waals surface area contributed by atoms with Crippen LogP contribution in [0.2, 0.25) is 0 Å². The van der Waals surface area contributed by atoms with Gasteiger partial charge in [-0.05, 0) is 12.5 Å². The number of esters is 1. The Labute approximate surface area is 122 Å². The molecule has 0 saturated carbocycles. The van der Waals surface area contributed by atoms with Gasteiger partial charge in [-0.2, -0.15) is 0 Å². The summed E-state index contributed by atoms with van der Waals surface area (Å²) in [5, 5.41) is 4.67. The number of alkyl carbamates (subject to hydrolysis) is 1. The smallest absolute Gasteiger partial charge is 0.407 e. The average Bonchev–Trinajstić information content (AvgIpc) is 2.51. The summed E-state index contributed by atoms with van der Waals surface area (Å²) in [5.41, 5.74) is 0.844. The van der Waals surface area contributed by atoms with E-state index < -0.39 is 24.0 Å². The summed E-state index contributed by atoms with van der Waals surface area (Å²) >= 11 is 0. The van der Waals surface area contributed by atoms with Crippen molar-refractivity contribution in [2.75, 3.05) is 13.7 Å². The first-order chi connectivity index (χ1) is 10.0. The second-order valence-electron chi connectivity index (χ2n) is 4.23. The molecule has 7 nitrogen and oxygen atoms in total. The highest BCUT2D eigenvalue weighted by molar-refractivity contribution is 5.86. The number of methoxy groups -OCH3 is 1. The quantitative estimate of drug-likeness (QED) is 0.749. The summed E-state index contributed by atoms with van der Waals surface area (Å²) < 4.78 is 9.39. The summed E-state index contributed by atoms with van der Waals surface area (Å²) in [6.07, 6.45) is -0.709. The standard InChI is InChI=1S/C14H18N2O5/c1-10(13(18)20-2)16-12(17)8-15-14(19)21-9-11-6-4-3-5-7-11/h3-7,10H,8-9H2,1-2H3,(H,15,19)(H,16,17)/t10-/m0/s1. The first-order valence-corrected chi connectivity index (χ1v) is 6.34. The van der Waals surface area contributed by atoms with Gasteiger partial charge in [-0.25, -0.2) is 9.59 Å². The molecule has 0 aliphatic rings. The van der Waals surface area contributed by atoms with Crippen LogP contribution in [0.5, 0.6) is 0 Å². The Balaban J connectivity index is 2.23. The number of ether oxygens (including phenoxy) is 2. The van der Waals surface area contributed by atoms with Crippen LogP contribution in [0, 0.1) is 0 Å². The third kappa shape index (κ3) is 6.42. The Hall–Kier alpha value is -2.57. The molecule has 21 heavy (non-hydrogen) atoms. The lowest BCUT2D eigenvalue weighted by molar-refractivity contribution is -0.144. The number of amides is 2. The molecule has 0 aromatic heterocycles. The number of benzene rings is 1. The van der Waals surface area contributed by atoms with Crippen LogP contribution in [0.3, 0.4) is 0 Å². The highest BCUT2D eigenvalue weighted by Crippen LogP contribution is 2.00. The first kappa shape index (κ1) is 16.5. The average molecular weight is 294 g/mol. The predicted molar refractivity (Wildman–Crippen MR) is 74.3 cm³/mol. The molecule has 0 fully saturated rings. The Morgan fingerprint density at radius 2 is 1.86 bits per heavy atom. The molecular weight excluding hydrogens is 276 g/mol. The second-order valence-corrected chi connectivity index (χ2v) is 4.23. The SMILES string of the molecule is COC(=O)[C@H](C)NC(=O)CNC(=O)OCc1ccccc1. The van der Waals surface area contributed by atoms with Crippen LogP contribution in [-0.4, -0.2) is 37.7 Å². The molecule has 1 rings (SSSR count). The van der Waals surface area contributed by atoms with Gasteiger partial charge in [0.1, 0.15) is 19.2 Å². The zero-order valence-corrected chi connectivity index (χ0v) is 11.9. The third-order valence-corrected chi connectivity index (χ3v) is 2.54. The molecule has 0 aliphatic carbocycles. The van der Waals surface area contributed by atoms with Crippen molar-refractivity contribution in [1.29, 1.82) is 0 Å². The van der Waals surface area contributed by atoms with Crippen molar-refractivity contribution in [1.82, 2.24) is 10.6 Å². The first-order valence-electron chi connectivity index (χ1n) is 6.34. The fourth-order valence-electron chi connectivity index (χ4n) is 1.45. The normalized spacial score (nSPS) is 11.1. The van der Waals surface area contributed by atoms with Crippen LogP contribution in [0.4, 0.5) is 4.79 Å². The summed E-state index contributed by atoms with van der Waals surface area (Å²) in [4.78, 5) is 34.0. The van der Waals surface area contributed by atoms with Crippen molar-refractivity contribution >= 4 is 18.0 Å². The fourth-order valence-corrected chi connectivity index (χ4v) is 1.45. The van der Waals surface area contributed by atoms with Gasteiger partial charge < -0.3 is 20.1 Å². The molecule has 0 saturated heterocycles. The van der Waals surface area contributed by atoms with Gasteiger partial charge in [0.2, 0.25) is 5.91 Å². The van der Waals surface area contributed by atoms with Gasteiger partial charge in [0, 0.05) is 0 Å². The van der Waals surface area contributed by atoms with Gasteiger partial charge >= 0.3 is 12.1 Å². The van der Waals surface area contributed by atoms with Crippen molar-refractivity contribution < 1.29 is 23.9 Å². The molecule has 0 heterocycles. The van der Waals surface area contributed by atoms with E-state index in [1.165, 1.54) is 14.0 Å². The van der Waals surface area contributed by atoms with Crippen LogP contribution < -0.4 is 10.6 Å². The number of carbonyl (C=O) groups excluding carboxylic acids is 3. The minimum absolute atomic E-state index is 0.118. The summed E-state index contributed by atoms with van der Waals surface area (Å²) in [6, 6.07) is 8.38. The van der Waals surface area contributed by atoms with E-state index in [0.717, 1.165) is 5.56 Å². The van der Waals surface area contributed by atoms with Crippen molar-refractivity contribution in [3.63, 3.8) is 0 Å². The van der Waals surface area contributed by atoms with E-state index >= 15 is 0 Å². The van der Waals surface area contributed by atoms with Crippen LogP contribution in [0.15, 0.2) is 30.3 Å². The monoisotopic (exact) mass is 294 g/mol. The van der Waals surface area contributed by atoms with E-state index in [0.29, 0.717) is 0 Å². The van der Waals surface area contributed by atoms with Crippen LogP contribution in [-0.2, 0) is 25.7 Å². The van der Waals surface area contributed by atoms with E-state index in [1.807, 2.05) is 30.3 Å². The summed E-state index contributed by atoms with van der Waals surface area (Å²) in [6.45, 7) is 1.32. The lowest BCUT2D eigenvalue weighted by Gasteiger charge is -2.12. The summed E-state index contributed by atoms with van der Waals surface area (Å²) in [7, 11) is 1.23. The highest BCUT2D eigenvalue weighted by atomic mass is 16.5. The Bertz CT molecular complexity index is 489. The second kappa shape index (κ2) is 8.57. The van der Waals surface area contributed by atoms with E-state index in [1.54, 1.807) is 0 Å². The number of hydrogen-bond acceptors (Lipinski definition) is 5. The zero-order chi connectivity index (χ0) is 15.7. The Kier molecular flexibility index (Phi) is 6.73. The molecule has 0 aliphatic heterocycles. The Morgan fingerprint density at radius 3 is 2.48 bits per heavy atom. The number of carbonyl (C=O) groups is 3. The molecule has 0 spiro atoms. The largest absolute Gasteiger partial charge is 0.467 e. The van der Waals surface area contributed by atoms with Crippen molar-refractivity contribution in [2.45, 2.75) is 19.6 Å². The molecule has 0 unspecified atom stereocenters. The number of rotatable bonds is 6. The van der Waals surface area contributed by atoms with Gasteiger partial charge in [-0.3, -0.25) is 4.79 Å². The minimum atomic E-state index is -0.773. The van der Waals surface area contributed by atoms with Crippen molar-refractivity contribution in [3.05, 3.63) is 35.9 Å². The molecule has 1 atom stereocenters. The van der Waals surface area contributed by atoms with Crippen LogP contribution in [0.25, 0.3) is 0 Å². The van der Waals surface area contributed by atoms with Gasteiger partial charge in [-0.15, -0.1) is 0 Å². The topological polar surface area (TPSA) is 93.7 Å². The molecule has 0 radical (unpaired) electrons. The minimum Gasteiger partial charge on any atom is -0.467 e. The predicted octanol–water partition coefficient (Wildman–Crippen LogP) is 0.591. The maximum absolute atomic E-state index is 11.5. The van der Waals surface area contributed by atoms with Crippen LogP contribution in [0.1, 0.15) is 12.5 Å². The van der Waals surface area contributed by atoms with E-state index in [2.05, 4.69) is 15.4 Å². The highest BCUT2D eigenvalue weighted by Gasteiger charge is 2.16. The fraction of sp³-hybridized carbons (Fsp3) is 0.357. The van der Waals surface area contributed by atoms with E-state index in [-0.39, 0.29) is 13.2 Å². The van der Waals surface area contributed by atoms with Crippen molar-refractivity contribution in [2.24, 2.45) is 0 Å². The van der Waals surface area contributed by atoms with Gasteiger partial charge in [-0.1, -0.05) is 30.3 Å². The van der Waals surface area contributed by atoms with Gasteiger partial charge in [0.05, 0.1) is 7.11 Å². The molecule has 0 bridgehead atoms. The van der Waals surface area contributed by atoms with E-state index in [4.69, 9.17) is 4.74 Å². The van der Waals surface area contributed by atoms with Crippen LogP contribution >= 0.6 is 0 Å². The maximum atomic E-state index is 11.5. The maximum Gasteiger partial charge on any atom is 0.407 e. The van der Waals surface area contributed by atoms with Gasteiger partial charge in [0.15, 0.2) is 0 Å². The molecule has 114 valence electrons. The number of hydrogen-bond donors (Lipinski definition) is 2.